The first-order valence-electron chi connectivity index (χ1n) is 12.0. The summed E-state index contributed by atoms with van der Waals surface area (Å²) in [6.45, 7) is 8.43. The fourth-order valence-electron chi connectivity index (χ4n) is 5.30. The Morgan fingerprint density at radius 3 is 2.55 bits per heavy atom. The highest BCUT2D eigenvalue weighted by Gasteiger charge is 2.32. The van der Waals surface area contributed by atoms with Gasteiger partial charge in [0.25, 0.3) is 0 Å². The highest BCUT2D eigenvalue weighted by atomic mass is 35.5. The number of fused-ring (bicyclic) bond motifs is 1. The van der Waals surface area contributed by atoms with Crippen molar-refractivity contribution in [2.24, 2.45) is 5.92 Å². The molecule has 4 heterocycles. The zero-order chi connectivity index (χ0) is 22.8. The van der Waals surface area contributed by atoms with Gasteiger partial charge in [-0.05, 0) is 57.0 Å². The summed E-state index contributed by atoms with van der Waals surface area (Å²) in [6.07, 6.45) is 4.93. The molecule has 1 aromatic heterocycles. The van der Waals surface area contributed by atoms with Crippen LogP contribution in [0.3, 0.4) is 0 Å². The summed E-state index contributed by atoms with van der Waals surface area (Å²) in [7, 11) is 0. The Labute approximate surface area is 205 Å². The van der Waals surface area contributed by atoms with Crippen LogP contribution in [0, 0.1) is 5.92 Å². The predicted molar refractivity (Wildman–Crippen MR) is 135 cm³/mol. The topological polar surface area (TPSA) is 52.6 Å². The fourth-order valence-corrected chi connectivity index (χ4v) is 6.47. The van der Waals surface area contributed by atoms with E-state index >= 15 is 0 Å². The molecular formula is C25H32ClN5OS. The minimum atomic E-state index is -0.0180. The first-order chi connectivity index (χ1) is 16.1. The normalized spacial score (nSPS) is 21.9. The van der Waals surface area contributed by atoms with Crippen LogP contribution in [0.15, 0.2) is 30.6 Å². The predicted octanol–water partition coefficient (Wildman–Crippen LogP) is 4.04. The van der Waals surface area contributed by atoms with Crippen molar-refractivity contribution >= 4 is 35.1 Å². The third kappa shape index (κ3) is 5.15. The molecule has 2 saturated heterocycles. The Morgan fingerprint density at radius 2 is 1.82 bits per heavy atom. The van der Waals surface area contributed by atoms with Crippen LogP contribution in [0.5, 0.6) is 0 Å². The number of anilines is 1. The van der Waals surface area contributed by atoms with Crippen LogP contribution in [0.25, 0.3) is 0 Å². The lowest BCUT2D eigenvalue weighted by atomic mass is 9.96. The summed E-state index contributed by atoms with van der Waals surface area (Å²) in [5.41, 5.74) is 3.64. The molecule has 2 fully saturated rings. The molecule has 6 nitrogen and oxygen atoms in total. The number of rotatable bonds is 6. The number of aromatic nitrogens is 2. The quantitative estimate of drug-likeness (QED) is 0.615. The SMILES string of the molecule is C[C@@H]1SCc2ncnc(N3CCN(C(=O)C(Cc4ccc(Cl)cc4)CN4CCCC4)CC3)c21. The monoisotopic (exact) mass is 485 g/mol. The van der Waals surface area contributed by atoms with Crippen molar-refractivity contribution in [3.05, 3.63) is 52.4 Å². The lowest BCUT2D eigenvalue weighted by Crippen LogP contribution is -2.52. The Bertz CT molecular complexity index is 973. The molecule has 2 atom stereocenters. The van der Waals surface area contributed by atoms with Crippen LogP contribution >= 0.6 is 23.4 Å². The number of thioether (sulfide) groups is 1. The maximum atomic E-state index is 13.7. The van der Waals surface area contributed by atoms with Gasteiger partial charge in [-0.25, -0.2) is 9.97 Å². The van der Waals surface area contributed by atoms with E-state index in [0.29, 0.717) is 5.25 Å². The van der Waals surface area contributed by atoms with E-state index in [-0.39, 0.29) is 11.8 Å². The maximum Gasteiger partial charge on any atom is 0.227 e. The average Bonchev–Trinajstić information content (AvgIpc) is 3.49. The molecule has 176 valence electrons. The molecule has 0 radical (unpaired) electrons. The van der Waals surface area contributed by atoms with Gasteiger partial charge in [-0.15, -0.1) is 11.8 Å². The van der Waals surface area contributed by atoms with Crippen molar-refractivity contribution < 1.29 is 4.79 Å². The first kappa shape index (κ1) is 22.9. The smallest absolute Gasteiger partial charge is 0.227 e. The number of piperazine rings is 1. The standard InChI is InChI=1S/C25H32ClN5OS/c1-18-23-22(16-33-18)27-17-28-24(23)30-10-12-31(13-11-30)25(32)20(15-29-8-2-3-9-29)14-19-4-6-21(26)7-5-19/h4-7,17-18,20H,2-3,8-16H2,1H3/t18-,20?/m0/s1. The maximum absolute atomic E-state index is 13.7. The minimum absolute atomic E-state index is 0.0180. The van der Waals surface area contributed by atoms with Crippen molar-refractivity contribution in [1.29, 1.82) is 0 Å². The Morgan fingerprint density at radius 1 is 1.09 bits per heavy atom. The highest BCUT2D eigenvalue weighted by Crippen LogP contribution is 2.44. The molecule has 33 heavy (non-hydrogen) atoms. The zero-order valence-electron chi connectivity index (χ0n) is 19.3. The summed E-state index contributed by atoms with van der Waals surface area (Å²) in [5.74, 6) is 2.30. The van der Waals surface area contributed by atoms with Crippen LogP contribution in [0.1, 0.15) is 41.8 Å². The number of carbonyl (C=O) groups excluding carboxylic acids is 1. The molecule has 8 heteroatoms. The number of benzene rings is 1. The lowest BCUT2D eigenvalue weighted by Gasteiger charge is -2.38. The second-order valence-corrected chi connectivity index (χ2v) is 11.1. The molecule has 3 aliphatic heterocycles. The Hall–Kier alpha value is -1.83. The second kappa shape index (κ2) is 10.2. The van der Waals surface area contributed by atoms with Gasteiger partial charge in [-0.2, -0.15) is 0 Å². The number of likely N-dealkylation sites (tertiary alicyclic amines) is 1. The fraction of sp³-hybridized carbons (Fsp3) is 0.560. The third-order valence-corrected chi connectivity index (χ3v) is 8.56. The van der Waals surface area contributed by atoms with Gasteiger partial charge >= 0.3 is 0 Å². The number of halogens is 1. The van der Waals surface area contributed by atoms with Crippen LogP contribution < -0.4 is 4.90 Å². The van der Waals surface area contributed by atoms with E-state index in [1.807, 2.05) is 23.9 Å². The van der Waals surface area contributed by atoms with Crippen LogP contribution in [0.2, 0.25) is 5.02 Å². The molecule has 1 amide bonds. The zero-order valence-corrected chi connectivity index (χ0v) is 20.8. The summed E-state index contributed by atoms with van der Waals surface area (Å²) >= 11 is 8.00. The van der Waals surface area contributed by atoms with Crippen LogP contribution in [-0.2, 0) is 17.0 Å². The van der Waals surface area contributed by atoms with Gasteiger partial charge < -0.3 is 14.7 Å². The van der Waals surface area contributed by atoms with Gasteiger partial charge in [-0.3, -0.25) is 4.79 Å². The lowest BCUT2D eigenvalue weighted by molar-refractivity contribution is -0.136. The molecule has 0 spiro atoms. The highest BCUT2D eigenvalue weighted by molar-refractivity contribution is 7.99. The molecular weight excluding hydrogens is 454 g/mol. The van der Waals surface area contributed by atoms with Crippen molar-refractivity contribution in [3.8, 4) is 0 Å². The van der Waals surface area contributed by atoms with E-state index in [2.05, 4.69) is 43.7 Å². The summed E-state index contributed by atoms with van der Waals surface area (Å²) in [4.78, 5) is 29.7. The summed E-state index contributed by atoms with van der Waals surface area (Å²) < 4.78 is 0. The molecule has 0 N–H and O–H groups in total. The van der Waals surface area contributed by atoms with Gasteiger partial charge in [0.15, 0.2) is 0 Å². The number of carbonyl (C=O) groups is 1. The van der Waals surface area contributed by atoms with Gasteiger partial charge in [0.05, 0.1) is 11.6 Å². The molecule has 0 saturated carbocycles. The minimum Gasteiger partial charge on any atom is -0.353 e. The molecule has 0 aliphatic carbocycles. The molecule has 5 rings (SSSR count). The van der Waals surface area contributed by atoms with Gasteiger partial charge in [0, 0.05) is 54.3 Å². The molecule has 2 aromatic rings. The third-order valence-electron chi connectivity index (χ3n) is 7.13. The van der Waals surface area contributed by atoms with Crippen molar-refractivity contribution in [1.82, 2.24) is 19.8 Å². The van der Waals surface area contributed by atoms with E-state index in [4.69, 9.17) is 11.6 Å². The van der Waals surface area contributed by atoms with Crippen LogP contribution in [-0.4, -0.2) is 71.5 Å². The van der Waals surface area contributed by atoms with Crippen molar-refractivity contribution in [2.45, 2.75) is 37.2 Å². The van der Waals surface area contributed by atoms with Gasteiger partial charge in [-0.1, -0.05) is 23.7 Å². The van der Waals surface area contributed by atoms with Crippen molar-refractivity contribution in [3.63, 3.8) is 0 Å². The largest absolute Gasteiger partial charge is 0.353 e. The van der Waals surface area contributed by atoms with Crippen molar-refractivity contribution in [2.75, 3.05) is 50.7 Å². The van der Waals surface area contributed by atoms with Gasteiger partial charge in [0.1, 0.15) is 12.1 Å². The molecule has 0 bridgehead atoms. The molecule has 1 aromatic carbocycles. The second-order valence-electron chi connectivity index (χ2n) is 9.36. The number of hydrogen-bond acceptors (Lipinski definition) is 6. The van der Waals surface area contributed by atoms with E-state index in [9.17, 15) is 4.79 Å². The number of hydrogen-bond donors (Lipinski definition) is 0. The molecule has 1 unspecified atom stereocenters. The van der Waals surface area contributed by atoms with Crippen LogP contribution in [0.4, 0.5) is 5.82 Å². The molecule has 3 aliphatic rings. The average molecular weight is 486 g/mol. The number of amides is 1. The number of nitrogens with zero attached hydrogens (tertiary/aromatic N) is 5. The summed E-state index contributed by atoms with van der Waals surface area (Å²) in [6, 6.07) is 7.96. The summed E-state index contributed by atoms with van der Waals surface area (Å²) in [5, 5.41) is 1.17. The van der Waals surface area contributed by atoms with E-state index in [0.717, 1.165) is 68.8 Å². The Kier molecular flexibility index (Phi) is 7.09. The van der Waals surface area contributed by atoms with E-state index in [1.165, 1.54) is 29.7 Å². The first-order valence-corrected chi connectivity index (χ1v) is 13.5. The van der Waals surface area contributed by atoms with Gasteiger partial charge in [0.2, 0.25) is 5.91 Å². The Balaban J connectivity index is 1.26. The van der Waals surface area contributed by atoms with E-state index in [1.54, 1.807) is 6.33 Å². The van der Waals surface area contributed by atoms with E-state index < -0.39 is 0 Å².